The predicted octanol–water partition coefficient (Wildman–Crippen LogP) is 5.12. The lowest BCUT2D eigenvalue weighted by atomic mass is 10.0. The fourth-order valence-electron chi connectivity index (χ4n) is 3.17. The van der Waals surface area contributed by atoms with Crippen LogP contribution in [0.5, 0.6) is 0 Å². The molecule has 142 valence electrons. The molecule has 0 unspecified atom stereocenters. The zero-order chi connectivity index (χ0) is 19.4. The van der Waals surface area contributed by atoms with Gasteiger partial charge in [-0.15, -0.1) is 11.3 Å². The van der Waals surface area contributed by atoms with Crippen molar-refractivity contribution in [1.82, 2.24) is 9.80 Å². The Hall–Kier alpha value is -2.24. The van der Waals surface area contributed by atoms with E-state index in [1.54, 1.807) is 17.0 Å². The third kappa shape index (κ3) is 4.37. The topological polar surface area (TPSA) is 23.6 Å². The van der Waals surface area contributed by atoms with Crippen molar-refractivity contribution in [3.8, 4) is 11.1 Å². The molecule has 0 radical (unpaired) electrons. The molecule has 1 heterocycles. The summed E-state index contributed by atoms with van der Waals surface area (Å²) in [5, 5.41) is 1.04. The van der Waals surface area contributed by atoms with Gasteiger partial charge in [0.15, 0.2) is 0 Å². The number of hydrogen-bond donors (Lipinski definition) is 0. The van der Waals surface area contributed by atoms with Crippen LogP contribution >= 0.6 is 11.3 Å². The summed E-state index contributed by atoms with van der Waals surface area (Å²) >= 11 is 1.51. The zero-order valence-electron chi connectivity index (χ0n) is 16.0. The largest absolute Gasteiger partial charge is 0.340 e. The summed E-state index contributed by atoms with van der Waals surface area (Å²) in [7, 11) is 1.86. The Kier molecular flexibility index (Phi) is 6.24. The lowest BCUT2D eigenvalue weighted by Crippen LogP contribution is -2.36. The molecule has 0 aliphatic heterocycles. The van der Waals surface area contributed by atoms with Gasteiger partial charge in [-0.05, 0) is 48.5 Å². The Morgan fingerprint density at radius 1 is 1.04 bits per heavy atom. The van der Waals surface area contributed by atoms with Crippen molar-refractivity contribution < 1.29 is 9.18 Å². The molecule has 0 saturated carbocycles. The number of likely N-dealkylation sites (N-methyl/N-ethyl adjacent to an activating group) is 2. The number of thiophene rings is 1. The minimum Gasteiger partial charge on any atom is -0.340 e. The van der Waals surface area contributed by atoms with E-state index in [4.69, 9.17) is 0 Å². The van der Waals surface area contributed by atoms with E-state index in [0.717, 1.165) is 45.7 Å². The van der Waals surface area contributed by atoms with Gasteiger partial charge in [-0.2, -0.15) is 0 Å². The second-order valence-electron chi connectivity index (χ2n) is 6.59. The molecule has 5 heteroatoms. The molecule has 1 amide bonds. The van der Waals surface area contributed by atoms with Crippen LogP contribution in [0.2, 0.25) is 0 Å². The van der Waals surface area contributed by atoms with E-state index in [9.17, 15) is 9.18 Å². The number of fused-ring (bicyclic) bond motifs is 1. The molecule has 0 N–H and O–H groups in total. The molecule has 0 bridgehead atoms. The third-order valence-electron chi connectivity index (χ3n) is 4.92. The van der Waals surface area contributed by atoms with Gasteiger partial charge >= 0.3 is 0 Å². The van der Waals surface area contributed by atoms with Crippen LogP contribution in [0.1, 0.15) is 23.5 Å². The molecule has 0 saturated heterocycles. The Morgan fingerprint density at radius 2 is 1.74 bits per heavy atom. The highest BCUT2D eigenvalue weighted by Gasteiger charge is 2.17. The van der Waals surface area contributed by atoms with Crippen LogP contribution in [0.4, 0.5) is 4.39 Å². The van der Waals surface area contributed by atoms with Crippen LogP contribution < -0.4 is 0 Å². The van der Waals surface area contributed by atoms with Crippen molar-refractivity contribution in [3.63, 3.8) is 0 Å². The highest BCUT2D eigenvalue weighted by Crippen LogP contribution is 2.34. The van der Waals surface area contributed by atoms with Gasteiger partial charge in [0.25, 0.3) is 5.91 Å². The molecule has 3 aromatic rings. The van der Waals surface area contributed by atoms with Crippen LogP contribution in [-0.2, 0) is 0 Å². The summed E-state index contributed by atoms with van der Waals surface area (Å²) in [5.41, 5.74) is 1.97. The average molecular weight is 385 g/mol. The maximum atomic E-state index is 13.2. The van der Waals surface area contributed by atoms with Gasteiger partial charge in [0, 0.05) is 30.2 Å². The van der Waals surface area contributed by atoms with Gasteiger partial charge < -0.3 is 9.80 Å². The molecular formula is C22H25FN2OS. The van der Waals surface area contributed by atoms with Crippen molar-refractivity contribution in [2.45, 2.75) is 13.8 Å². The van der Waals surface area contributed by atoms with E-state index in [1.807, 2.05) is 31.3 Å². The average Bonchev–Trinajstić information content (AvgIpc) is 3.13. The van der Waals surface area contributed by atoms with Crippen LogP contribution in [0.3, 0.4) is 0 Å². The molecule has 0 spiro atoms. The van der Waals surface area contributed by atoms with E-state index in [2.05, 4.69) is 18.7 Å². The summed E-state index contributed by atoms with van der Waals surface area (Å²) in [5.74, 6) is -0.199. The first-order valence-corrected chi connectivity index (χ1v) is 10.1. The van der Waals surface area contributed by atoms with Crippen LogP contribution in [0, 0.1) is 5.82 Å². The minimum atomic E-state index is -0.248. The molecule has 0 aliphatic carbocycles. The van der Waals surface area contributed by atoms with E-state index in [0.29, 0.717) is 6.54 Å². The summed E-state index contributed by atoms with van der Waals surface area (Å²) in [6, 6.07) is 14.5. The minimum absolute atomic E-state index is 0.0495. The van der Waals surface area contributed by atoms with E-state index in [1.165, 1.54) is 23.5 Å². The fourth-order valence-corrected chi connectivity index (χ4v) is 4.25. The van der Waals surface area contributed by atoms with Gasteiger partial charge in [-0.25, -0.2) is 4.39 Å². The SMILES string of the molecule is CCN(CC)CCN(C)C(=O)c1cc2c(-c3ccc(F)cc3)cccc2s1. The number of carbonyl (C=O) groups is 1. The Balaban J connectivity index is 1.85. The van der Waals surface area contributed by atoms with Crippen molar-refractivity contribution in [1.29, 1.82) is 0 Å². The monoisotopic (exact) mass is 384 g/mol. The van der Waals surface area contributed by atoms with Crippen molar-refractivity contribution in [2.24, 2.45) is 0 Å². The lowest BCUT2D eigenvalue weighted by molar-refractivity contribution is 0.0784. The number of benzene rings is 2. The van der Waals surface area contributed by atoms with Gasteiger partial charge in [-0.1, -0.05) is 38.1 Å². The summed E-state index contributed by atoms with van der Waals surface area (Å²) < 4.78 is 14.3. The van der Waals surface area contributed by atoms with Crippen molar-refractivity contribution in [3.05, 3.63) is 59.2 Å². The number of amides is 1. The van der Waals surface area contributed by atoms with Gasteiger partial charge in [0.1, 0.15) is 5.82 Å². The number of nitrogens with zero attached hydrogens (tertiary/aromatic N) is 2. The number of rotatable bonds is 7. The first-order valence-electron chi connectivity index (χ1n) is 9.29. The maximum absolute atomic E-state index is 13.2. The second kappa shape index (κ2) is 8.63. The van der Waals surface area contributed by atoms with E-state index < -0.39 is 0 Å². The molecule has 27 heavy (non-hydrogen) atoms. The third-order valence-corrected chi connectivity index (χ3v) is 6.01. The Bertz CT molecular complexity index is 916. The zero-order valence-corrected chi connectivity index (χ0v) is 16.9. The standard InChI is InChI=1S/C22H25FN2OS/c1-4-25(5-2)14-13-24(3)22(26)21-15-19-18(7-6-8-20(19)27-21)16-9-11-17(23)12-10-16/h6-12,15H,4-5,13-14H2,1-3H3. The molecular weight excluding hydrogens is 359 g/mol. The van der Waals surface area contributed by atoms with Gasteiger partial charge in [0.05, 0.1) is 4.88 Å². The van der Waals surface area contributed by atoms with E-state index >= 15 is 0 Å². The lowest BCUT2D eigenvalue weighted by Gasteiger charge is -2.22. The molecule has 0 aliphatic rings. The summed E-state index contributed by atoms with van der Waals surface area (Å²) in [6.07, 6.45) is 0. The summed E-state index contributed by atoms with van der Waals surface area (Å²) in [6.45, 7) is 7.83. The number of hydrogen-bond acceptors (Lipinski definition) is 3. The van der Waals surface area contributed by atoms with Gasteiger partial charge in [-0.3, -0.25) is 4.79 Å². The van der Waals surface area contributed by atoms with Crippen LogP contribution in [0.25, 0.3) is 21.2 Å². The smallest absolute Gasteiger partial charge is 0.263 e. The molecule has 1 aromatic heterocycles. The molecule has 0 fully saturated rings. The van der Waals surface area contributed by atoms with Crippen molar-refractivity contribution >= 4 is 27.3 Å². The predicted molar refractivity (Wildman–Crippen MR) is 112 cm³/mol. The van der Waals surface area contributed by atoms with Crippen LogP contribution in [0.15, 0.2) is 48.5 Å². The maximum Gasteiger partial charge on any atom is 0.263 e. The summed E-state index contributed by atoms with van der Waals surface area (Å²) in [4.78, 5) is 17.7. The Labute approximate surface area is 164 Å². The molecule has 3 nitrogen and oxygen atoms in total. The van der Waals surface area contributed by atoms with Gasteiger partial charge in [0.2, 0.25) is 0 Å². The first kappa shape index (κ1) is 19.5. The fraction of sp³-hybridized carbons (Fsp3) is 0.318. The van der Waals surface area contributed by atoms with Crippen LogP contribution in [-0.4, -0.2) is 48.9 Å². The van der Waals surface area contributed by atoms with Crippen molar-refractivity contribution in [2.75, 3.05) is 33.2 Å². The molecule has 0 atom stereocenters. The second-order valence-corrected chi connectivity index (χ2v) is 7.67. The van der Waals surface area contributed by atoms with E-state index in [-0.39, 0.29) is 11.7 Å². The highest BCUT2D eigenvalue weighted by atomic mass is 32.1. The quantitative estimate of drug-likeness (QED) is 0.564. The molecule has 3 rings (SSSR count). The molecule has 2 aromatic carbocycles. The normalized spacial score (nSPS) is 11.3. The highest BCUT2D eigenvalue weighted by molar-refractivity contribution is 7.20. The number of halogens is 1. The first-order chi connectivity index (χ1) is 13.0. The number of carbonyl (C=O) groups excluding carboxylic acids is 1. The Morgan fingerprint density at radius 3 is 2.41 bits per heavy atom.